The van der Waals surface area contributed by atoms with Crippen molar-refractivity contribution in [2.75, 3.05) is 0 Å². The van der Waals surface area contributed by atoms with Crippen molar-refractivity contribution in [3.05, 3.63) is 36.0 Å². The van der Waals surface area contributed by atoms with Gasteiger partial charge in [-0.05, 0) is 29.7 Å². The van der Waals surface area contributed by atoms with Gasteiger partial charge in [0.15, 0.2) is 0 Å². The Kier molecular flexibility index (Phi) is 3.76. The molecule has 0 amide bonds. The van der Waals surface area contributed by atoms with E-state index >= 15 is 0 Å². The van der Waals surface area contributed by atoms with E-state index < -0.39 is 0 Å². The fraction of sp³-hybridized carbons (Fsp3) is 0.647. The summed E-state index contributed by atoms with van der Waals surface area (Å²) < 4.78 is 0. The number of hydrogen-bond acceptors (Lipinski definition) is 0. The summed E-state index contributed by atoms with van der Waals surface area (Å²) in [6.07, 6.45) is 12.8. The molecule has 1 aliphatic carbocycles. The molecule has 0 aromatic carbocycles. The SMILES string of the molecule is CC=CC1(C(C)(C)C)C=CC(C(C)(C)C)=CC1. The maximum absolute atomic E-state index is 2.42. The molecular formula is C17H28. The van der Waals surface area contributed by atoms with Gasteiger partial charge in [0.1, 0.15) is 0 Å². The van der Waals surface area contributed by atoms with Gasteiger partial charge < -0.3 is 0 Å². The Bertz CT molecular complexity index is 352. The average molecular weight is 232 g/mol. The van der Waals surface area contributed by atoms with Gasteiger partial charge in [0.25, 0.3) is 0 Å². The van der Waals surface area contributed by atoms with Crippen molar-refractivity contribution in [1.29, 1.82) is 0 Å². The summed E-state index contributed by atoms with van der Waals surface area (Å²) in [5.41, 5.74) is 2.16. The van der Waals surface area contributed by atoms with Crippen LogP contribution < -0.4 is 0 Å². The predicted octanol–water partition coefficient (Wildman–Crippen LogP) is 5.53. The lowest BCUT2D eigenvalue weighted by Gasteiger charge is -2.43. The van der Waals surface area contributed by atoms with Crippen LogP contribution in [0.5, 0.6) is 0 Å². The summed E-state index contributed by atoms with van der Waals surface area (Å²) in [6, 6.07) is 0. The highest BCUT2D eigenvalue weighted by Crippen LogP contribution is 2.48. The van der Waals surface area contributed by atoms with Gasteiger partial charge >= 0.3 is 0 Å². The molecule has 0 aromatic heterocycles. The Morgan fingerprint density at radius 1 is 1.12 bits per heavy atom. The topological polar surface area (TPSA) is 0 Å². The van der Waals surface area contributed by atoms with E-state index in [9.17, 15) is 0 Å². The fourth-order valence-corrected chi connectivity index (χ4v) is 2.44. The average Bonchev–Trinajstić information content (AvgIpc) is 2.15. The number of rotatable bonds is 1. The quantitative estimate of drug-likeness (QED) is 0.522. The zero-order valence-electron chi connectivity index (χ0n) is 12.6. The maximum atomic E-state index is 2.42. The van der Waals surface area contributed by atoms with Crippen LogP contribution in [0.1, 0.15) is 54.9 Å². The van der Waals surface area contributed by atoms with Gasteiger partial charge in [-0.25, -0.2) is 0 Å². The molecule has 0 radical (unpaired) electrons. The Morgan fingerprint density at radius 3 is 2.00 bits per heavy atom. The van der Waals surface area contributed by atoms with Crippen molar-refractivity contribution in [2.24, 2.45) is 16.2 Å². The lowest BCUT2D eigenvalue weighted by atomic mass is 9.61. The van der Waals surface area contributed by atoms with Crippen LogP contribution in [0.2, 0.25) is 0 Å². The molecule has 96 valence electrons. The van der Waals surface area contributed by atoms with Crippen LogP contribution in [-0.4, -0.2) is 0 Å². The molecule has 0 spiro atoms. The molecule has 0 aliphatic heterocycles. The van der Waals surface area contributed by atoms with Crippen LogP contribution in [0.15, 0.2) is 36.0 Å². The van der Waals surface area contributed by atoms with Gasteiger partial charge in [0.2, 0.25) is 0 Å². The Balaban J connectivity index is 3.07. The van der Waals surface area contributed by atoms with E-state index in [2.05, 4.69) is 78.8 Å². The lowest BCUT2D eigenvalue weighted by molar-refractivity contribution is 0.203. The largest absolute Gasteiger partial charge is 0.0908 e. The first-order chi connectivity index (χ1) is 7.62. The summed E-state index contributed by atoms with van der Waals surface area (Å²) in [5, 5.41) is 0. The van der Waals surface area contributed by atoms with Crippen LogP contribution >= 0.6 is 0 Å². The van der Waals surface area contributed by atoms with Crippen LogP contribution in [0.3, 0.4) is 0 Å². The van der Waals surface area contributed by atoms with Crippen molar-refractivity contribution >= 4 is 0 Å². The molecule has 0 N–H and O–H groups in total. The third-order valence-corrected chi connectivity index (χ3v) is 3.95. The van der Waals surface area contributed by atoms with E-state index in [-0.39, 0.29) is 16.2 Å². The second-order valence-electron chi connectivity index (χ2n) is 7.24. The van der Waals surface area contributed by atoms with Gasteiger partial charge in [-0.15, -0.1) is 0 Å². The van der Waals surface area contributed by atoms with Gasteiger partial charge in [-0.2, -0.15) is 0 Å². The Labute approximate surface area is 108 Å². The molecule has 0 aromatic rings. The molecule has 0 heterocycles. The highest BCUT2D eigenvalue weighted by atomic mass is 14.4. The molecule has 1 unspecified atom stereocenters. The first-order valence-electron chi connectivity index (χ1n) is 6.66. The van der Waals surface area contributed by atoms with Gasteiger partial charge in [0.05, 0.1) is 0 Å². The van der Waals surface area contributed by atoms with Crippen molar-refractivity contribution < 1.29 is 0 Å². The van der Waals surface area contributed by atoms with Crippen molar-refractivity contribution in [2.45, 2.75) is 54.9 Å². The normalized spacial score (nSPS) is 26.4. The lowest BCUT2D eigenvalue weighted by Crippen LogP contribution is -2.33. The Morgan fingerprint density at radius 2 is 1.71 bits per heavy atom. The highest BCUT2D eigenvalue weighted by molar-refractivity contribution is 5.34. The third kappa shape index (κ3) is 2.91. The highest BCUT2D eigenvalue weighted by Gasteiger charge is 2.38. The first-order valence-corrected chi connectivity index (χ1v) is 6.66. The van der Waals surface area contributed by atoms with E-state index in [1.165, 1.54) is 5.57 Å². The van der Waals surface area contributed by atoms with Crippen molar-refractivity contribution in [3.8, 4) is 0 Å². The van der Waals surface area contributed by atoms with Crippen LogP contribution in [0.4, 0.5) is 0 Å². The summed E-state index contributed by atoms with van der Waals surface area (Å²) in [6.45, 7) is 15.9. The molecule has 0 nitrogen and oxygen atoms in total. The summed E-state index contributed by atoms with van der Waals surface area (Å²) >= 11 is 0. The van der Waals surface area contributed by atoms with E-state index in [4.69, 9.17) is 0 Å². The second kappa shape index (κ2) is 4.48. The number of allylic oxidation sites excluding steroid dienone is 6. The van der Waals surface area contributed by atoms with Gasteiger partial charge in [-0.3, -0.25) is 0 Å². The predicted molar refractivity (Wildman–Crippen MR) is 78.0 cm³/mol. The van der Waals surface area contributed by atoms with Crippen LogP contribution in [-0.2, 0) is 0 Å². The molecule has 17 heavy (non-hydrogen) atoms. The monoisotopic (exact) mass is 232 g/mol. The van der Waals surface area contributed by atoms with Crippen LogP contribution in [0.25, 0.3) is 0 Å². The van der Waals surface area contributed by atoms with Crippen LogP contribution in [0, 0.1) is 16.2 Å². The maximum Gasteiger partial charge on any atom is 0.0147 e. The summed E-state index contributed by atoms with van der Waals surface area (Å²) in [4.78, 5) is 0. The molecule has 0 saturated heterocycles. The second-order valence-corrected chi connectivity index (χ2v) is 7.24. The van der Waals surface area contributed by atoms with Gasteiger partial charge in [0, 0.05) is 5.41 Å². The molecule has 1 atom stereocenters. The van der Waals surface area contributed by atoms with Crippen molar-refractivity contribution in [1.82, 2.24) is 0 Å². The fourth-order valence-electron chi connectivity index (χ4n) is 2.44. The molecule has 1 aliphatic rings. The molecule has 0 bridgehead atoms. The van der Waals surface area contributed by atoms with E-state index in [1.807, 2.05) is 0 Å². The minimum atomic E-state index is 0.177. The first kappa shape index (κ1) is 14.3. The standard InChI is InChI=1S/C17H28/c1-8-11-17(16(5,6)7)12-9-14(10-13-17)15(2,3)4/h8-12H,13H2,1-7H3. The van der Waals surface area contributed by atoms with Gasteiger partial charge in [-0.1, -0.05) is 71.9 Å². The smallest absolute Gasteiger partial charge is 0.0147 e. The molecule has 1 rings (SSSR count). The minimum Gasteiger partial charge on any atom is -0.0908 e. The van der Waals surface area contributed by atoms with E-state index in [0.717, 1.165) is 6.42 Å². The van der Waals surface area contributed by atoms with Crippen molar-refractivity contribution in [3.63, 3.8) is 0 Å². The molecule has 0 saturated carbocycles. The van der Waals surface area contributed by atoms with E-state index in [0.29, 0.717) is 0 Å². The number of hydrogen-bond donors (Lipinski definition) is 0. The summed E-state index contributed by atoms with van der Waals surface area (Å²) in [5.74, 6) is 0. The molecule has 0 fully saturated rings. The third-order valence-electron chi connectivity index (χ3n) is 3.95. The summed E-state index contributed by atoms with van der Waals surface area (Å²) in [7, 11) is 0. The minimum absolute atomic E-state index is 0.177. The Hall–Kier alpha value is -0.780. The zero-order chi connectivity index (χ0) is 13.3. The molecular weight excluding hydrogens is 204 g/mol. The zero-order valence-corrected chi connectivity index (χ0v) is 12.6. The van der Waals surface area contributed by atoms with E-state index in [1.54, 1.807) is 0 Å². The molecule has 0 heteroatoms.